The van der Waals surface area contributed by atoms with Crippen LogP contribution in [0.5, 0.6) is 5.75 Å². The highest BCUT2D eigenvalue weighted by molar-refractivity contribution is 6.06. The van der Waals surface area contributed by atoms with Crippen molar-refractivity contribution in [1.29, 1.82) is 0 Å². The van der Waals surface area contributed by atoms with E-state index in [1.165, 1.54) is 18.5 Å². The minimum Gasteiger partial charge on any atom is -0.489 e. The van der Waals surface area contributed by atoms with Gasteiger partial charge in [-0.2, -0.15) is 0 Å². The Morgan fingerprint density at radius 3 is 2.27 bits per heavy atom. The highest BCUT2D eigenvalue weighted by atomic mass is 16.5. The third kappa shape index (κ3) is 5.58. The van der Waals surface area contributed by atoms with Crippen LogP contribution < -0.4 is 15.4 Å². The molecule has 0 aliphatic carbocycles. The first-order valence-corrected chi connectivity index (χ1v) is 8.50. The molecule has 0 unspecified atom stereocenters. The molecule has 0 saturated heterocycles. The summed E-state index contributed by atoms with van der Waals surface area (Å²) < 4.78 is 5.70. The lowest BCUT2D eigenvalue weighted by molar-refractivity contribution is 0.0919. The molecule has 2 aromatic rings. The maximum atomic E-state index is 12.6. The van der Waals surface area contributed by atoms with E-state index in [4.69, 9.17) is 4.74 Å². The number of aromatic nitrogens is 1. The minimum atomic E-state index is -0.373. The predicted octanol–water partition coefficient (Wildman–Crippen LogP) is 3.65. The van der Waals surface area contributed by atoms with E-state index in [0.717, 1.165) is 0 Å². The summed E-state index contributed by atoms with van der Waals surface area (Å²) in [5, 5.41) is 5.66. The summed E-state index contributed by atoms with van der Waals surface area (Å²) in [4.78, 5) is 28.9. The Kier molecular flexibility index (Phi) is 5.97. The molecule has 0 spiro atoms. The van der Waals surface area contributed by atoms with Crippen LogP contribution in [0, 0.1) is 0 Å². The second kappa shape index (κ2) is 7.99. The topological polar surface area (TPSA) is 80.3 Å². The van der Waals surface area contributed by atoms with Crippen molar-refractivity contribution in [1.82, 2.24) is 10.3 Å². The van der Waals surface area contributed by atoms with Crippen molar-refractivity contribution >= 4 is 17.5 Å². The number of amides is 2. The van der Waals surface area contributed by atoms with Crippen LogP contribution in [-0.4, -0.2) is 28.4 Å². The van der Waals surface area contributed by atoms with Crippen LogP contribution in [0.15, 0.2) is 42.7 Å². The lowest BCUT2D eigenvalue weighted by Crippen LogP contribution is -2.40. The molecule has 138 valence electrons. The molecule has 0 aliphatic heterocycles. The summed E-state index contributed by atoms with van der Waals surface area (Å²) in [5.74, 6) is -0.0451. The van der Waals surface area contributed by atoms with E-state index in [-0.39, 0.29) is 23.5 Å². The number of carbonyl (C=O) groups excluding carboxylic acids is 2. The van der Waals surface area contributed by atoms with Crippen LogP contribution in [0.3, 0.4) is 0 Å². The number of benzene rings is 1. The fourth-order valence-corrected chi connectivity index (χ4v) is 2.22. The third-order valence-electron chi connectivity index (χ3n) is 3.25. The molecule has 26 heavy (non-hydrogen) atoms. The van der Waals surface area contributed by atoms with E-state index < -0.39 is 0 Å². The molecule has 0 radical (unpaired) electrons. The summed E-state index contributed by atoms with van der Waals surface area (Å²) in [6, 6.07) is 8.73. The SMILES string of the molecule is CC(C)Oc1ccccc1NC(=O)c1cncc(C(=O)NC(C)(C)C)c1. The van der Waals surface area contributed by atoms with Gasteiger partial charge in [-0.3, -0.25) is 14.6 Å². The lowest BCUT2D eigenvalue weighted by Gasteiger charge is -2.20. The number of hydrogen-bond acceptors (Lipinski definition) is 4. The van der Waals surface area contributed by atoms with Gasteiger partial charge in [0.15, 0.2) is 0 Å². The molecule has 0 fully saturated rings. The maximum absolute atomic E-state index is 12.6. The lowest BCUT2D eigenvalue weighted by atomic mass is 10.1. The van der Waals surface area contributed by atoms with Crippen molar-refractivity contribution < 1.29 is 14.3 Å². The van der Waals surface area contributed by atoms with Crippen molar-refractivity contribution in [2.24, 2.45) is 0 Å². The van der Waals surface area contributed by atoms with Gasteiger partial charge in [-0.1, -0.05) is 12.1 Å². The summed E-state index contributed by atoms with van der Waals surface area (Å²) >= 11 is 0. The number of para-hydroxylation sites is 2. The fourth-order valence-electron chi connectivity index (χ4n) is 2.22. The zero-order valence-corrected chi connectivity index (χ0v) is 15.8. The molecular weight excluding hydrogens is 330 g/mol. The van der Waals surface area contributed by atoms with Gasteiger partial charge in [0.1, 0.15) is 5.75 Å². The molecule has 6 heteroatoms. The highest BCUT2D eigenvalue weighted by Crippen LogP contribution is 2.25. The largest absolute Gasteiger partial charge is 0.489 e. The number of rotatable bonds is 5. The molecule has 0 saturated carbocycles. The Hall–Kier alpha value is -2.89. The summed E-state index contributed by atoms with van der Waals surface area (Å²) in [7, 11) is 0. The molecule has 1 aromatic heterocycles. The maximum Gasteiger partial charge on any atom is 0.257 e. The Morgan fingerprint density at radius 1 is 1.04 bits per heavy atom. The normalized spacial score (nSPS) is 11.2. The molecule has 0 bridgehead atoms. The van der Waals surface area contributed by atoms with Crippen molar-refractivity contribution in [3.05, 3.63) is 53.9 Å². The molecule has 0 atom stereocenters. The van der Waals surface area contributed by atoms with Crippen LogP contribution in [-0.2, 0) is 0 Å². The first-order chi connectivity index (χ1) is 12.2. The first-order valence-electron chi connectivity index (χ1n) is 8.50. The fraction of sp³-hybridized carbons (Fsp3) is 0.350. The zero-order chi connectivity index (χ0) is 19.3. The molecule has 1 aromatic carbocycles. The van der Waals surface area contributed by atoms with Gasteiger partial charge in [0.2, 0.25) is 0 Å². The Bertz CT molecular complexity index is 795. The molecule has 0 aliphatic rings. The van der Waals surface area contributed by atoms with E-state index in [1.807, 2.05) is 46.8 Å². The molecule has 2 N–H and O–H groups in total. The van der Waals surface area contributed by atoms with Crippen molar-refractivity contribution in [2.45, 2.75) is 46.3 Å². The van der Waals surface area contributed by atoms with E-state index in [1.54, 1.807) is 12.1 Å². The molecular formula is C20H25N3O3. The number of ether oxygens (including phenoxy) is 1. The zero-order valence-electron chi connectivity index (χ0n) is 15.8. The van der Waals surface area contributed by atoms with Crippen molar-refractivity contribution in [3.8, 4) is 5.75 Å². The number of carbonyl (C=O) groups is 2. The van der Waals surface area contributed by atoms with Crippen LogP contribution in [0.4, 0.5) is 5.69 Å². The summed E-state index contributed by atoms with van der Waals surface area (Å²) in [6.07, 6.45) is 2.85. The molecule has 6 nitrogen and oxygen atoms in total. The van der Waals surface area contributed by atoms with Gasteiger partial charge < -0.3 is 15.4 Å². The van der Waals surface area contributed by atoms with Gasteiger partial charge in [0.25, 0.3) is 11.8 Å². The smallest absolute Gasteiger partial charge is 0.257 e. The number of anilines is 1. The Balaban J connectivity index is 2.19. The predicted molar refractivity (Wildman–Crippen MR) is 102 cm³/mol. The summed E-state index contributed by atoms with van der Waals surface area (Å²) in [5.41, 5.74) is 0.823. The molecule has 2 rings (SSSR count). The second-order valence-electron chi connectivity index (χ2n) is 7.28. The van der Waals surface area contributed by atoms with Gasteiger partial charge in [0, 0.05) is 17.9 Å². The minimum absolute atomic E-state index is 0.0147. The van der Waals surface area contributed by atoms with E-state index in [0.29, 0.717) is 22.6 Å². The standard InChI is InChI=1S/C20H25N3O3/c1-13(2)26-17-9-7-6-8-16(17)22-18(24)14-10-15(12-21-11-14)19(25)23-20(3,4)5/h6-13H,1-5H3,(H,22,24)(H,23,25). The van der Waals surface area contributed by atoms with E-state index in [2.05, 4.69) is 15.6 Å². The quantitative estimate of drug-likeness (QED) is 0.858. The number of nitrogens with zero attached hydrogens (tertiary/aromatic N) is 1. The Morgan fingerprint density at radius 2 is 1.65 bits per heavy atom. The molecule has 2 amide bonds. The van der Waals surface area contributed by atoms with Crippen LogP contribution in [0.25, 0.3) is 0 Å². The van der Waals surface area contributed by atoms with Gasteiger partial charge >= 0.3 is 0 Å². The van der Waals surface area contributed by atoms with E-state index in [9.17, 15) is 9.59 Å². The average molecular weight is 355 g/mol. The van der Waals surface area contributed by atoms with Gasteiger partial charge in [-0.25, -0.2) is 0 Å². The second-order valence-corrected chi connectivity index (χ2v) is 7.28. The van der Waals surface area contributed by atoms with Crippen LogP contribution in [0.1, 0.15) is 55.3 Å². The number of nitrogens with one attached hydrogen (secondary N) is 2. The van der Waals surface area contributed by atoms with Gasteiger partial charge in [-0.05, 0) is 52.8 Å². The Labute approximate surface area is 154 Å². The van der Waals surface area contributed by atoms with Crippen molar-refractivity contribution in [3.63, 3.8) is 0 Å². The average Bonchev–Trinajstić information content (AvgIpc) is 2.54. The van der Waals surface area contributed by atoms with Crippen LogP contribution in [0.2, 0.25) is 0 Å². The van der Waals surface area contributed by atoms with Gasteiger partial charge in [0.05, 0.1) is 22.9 Å². The third-order valence-corrected chi connectivity index (χ3v) is 3.25. The number of pyridine rings is 1. The molecule has 1 heterocycles. The highest BCUT2D eigenvalue weighted by Gasteiger charge is 2.17. The van der Waals surface area contributed by atoms with Crippen LogP contribution >= 0.6 is 0 Å². The number of hydrogen-bond donors (Lipinski definition) is 2. The monoisotopic (exact) mass is 355 g/mol. The first kappa shape index (κ1) is 19.4. The van der Waals surface area contributed by atoms with E-state index >= 15 is 0 Å². The van der Waals surface area contributed by atoms with Gasteiger partial charge in [-0.15, -0.1) is 0 Å². The summed E-state index contributed by atoms with van der Waals surface area (Å²) in [6.45, 7) is 9.50. The van der Waals surface area contributed by atoms with Crippen molar-refractivity contribution in [2.75, 3.05) is 5.32 Å².